The van der Waals surface area contributed by atoms with Gasteiger partial charge in [0.2, 0.25) is 0 Å². The minimum absolute atomic E-state index is 0.104. The standard InChI is InChI=1S/C17H17BrClI/c1-11(2)9-12-3-5-13(6-4-12)17(19)15-10-14(18)7-8-16(15)20/h3-8,10-11,17H,9H2,1-2H3. The summed E-state index contributed by atoms with van der Waals surface area (Å²) in [5.41, 5.74) is 3.67. The first-order chi connectivity index (χ1) is 9.47. The molecule has 2 rings (SSSR count). The Morgan fingerprint density at radius 2 is 1.75 bits per heavy atom. The maximum Gasteiger partial charge on any atom is 0.0846 e. The normalized spacial score (nSPS) is 12.7. The molecule has 0 aromatic heterocycles. The van der Waals surface area contributed by atoms with Crippen molar-refractivity contribution in [3.8, 4) is 0 Å². The van der Waals surface area contributed by atoms with E-state index >= 15 is 0 Å². The lowest BCUT2D eigenvalue weighted by molar-refractivity contribution is 0.647. The van der Waals surface area contributed by atoms with Gasteiger partial charge in [0.15, 0.2) is 0 Å². The van der Waals surface area contributed by atoms with E-state index in [2.05, 4.69) is 88.8 Å². The van der Waals surface area contributed by atoms with Gasteiger partial charge in [-0.05, 0) is 69.8 Å². The van der Waals surface area contributed by atoms with Crippen molar-refractivity contribution >= 4 is 50.1 Å². The summed E-state index contributed by atoms with van der Waals surface area (Å²) in [6.45, 7) is 4.48. The Balaban J connectivity index is 2.24. The Bertz CT molecular complexity index is 578. The van der Waals surface area contributed by atoms with Crippen LogP contribution in [-0.2, 0) is 6.42 Å². The molecule has 0 heterocycles. The van der Waals surface area contributed by atoms with E-state index in [0.29, 0.717) is 5.92 Å². The van der Waals surface area contributed by atoms with Crippen LogP contribution in [0.1, 0.15) is 35.9 Å². The average Bonchev–Trinajstić information content (AvgIpc) is 2.41. The van der Waals surface area contributed by atoms with E-state index < -0.39 is 0 Å². The van der Waals surface area contributed by atoms with Crippen molar-refractivity contribution in [3.63, 3.8) is 0 Å². The van der Waals surface area contributed by atoms with Gasteiger partial charge >= 0.3 is 0 Å². The molecule has 0 spiro atoms. The second-order valence-corrected chi connectivity index (χ2v) is 7.88. The fourth-order valence-electron chi connectivity index (χ4n) is 2.18. The zero-order chi connectivity index (χ0) is 14.7. The predicted molar refractivity (Wildman–Crippen MR) is 99.5 cm³/mol. The number of alkyl halides is 1. The molecule has 2 aromatic rings. The molecule has 0 fully saturated rings. The maximum absolute atomic E-state index is 6.64. The smallest absolute Gasteiger partial charge is 0.0846 e. The van der Waals surface area contributed by atoms with Crippen LogP contribution in [0.25, 0.3) is 0 Å². The Hall–Kier alpha value is -0.0600. The Kier molecular flexibility index (Phi) is 5.94. The lowest BCUT2D eigenvalue weighted by Crippen LogP contribution is -1.98. The largest absolute Gasteiger partial charge is 0.113 e. The minimum atomic E-state index is -0.104. The van der Waals surface area contributed by atoms with Gasteiger partial charge in [-0.15, -0.1) is 11.6 Å². The Morgan fingerprint density at radius 3 is 2.35 bits per heavy atom. The lowest BCUT2D eigenvalue weighted by atomic mass is 9.99. The number of hydrogen-bond acceptors (Lipinski definition) is 0. The highest BCUT2D eigenvalue weighted by Gasteiger charge is 2.14. The van der Waals surface area contributed by atoms with E-state index in [0.717, 1.165) is 22.0 Å². The van der Waals surface area contributed by atoms with E-state index in [4.69, 9.17) is 11.6 Å². The van der Waals surface area contributed by atoms with E-state index in [-0.39, 0.29) is 5.38 Å². The lowest BCUT2D eigenvalue weighted by Gasteiger charge is -2.14. The van der Waals surface area contributed by atoms with Crippen LogP contribution in [-0.4, -0.2) is 0 Å². The summed E-state index contributed by atoms with van der Waals surface area (Å²) in [4.78, 5) is 0. The van der Waals surface area contributed by atoms with Gasteiger partial charge in [0.1, 0.15) is 0 Å². The quantitative estimate of drug-likeness (QED) is 0.355. The molecule has 1 atom stereocenters. The molecule has 3 heteroatoms. The predicted octanol–water partition coefficient (Wildman–Crippen LogP) is 6.58. The minimum Gasteiger partial charge on any atom is -0.113 e. The average molecular weight is 464 g/mol. The molecule has 0 nitrogen and oxygen atoms in total. The molecule has 20 heavy (non-hydrogen) atoms. The summed E-state index contributed by atoms with van der Waals surface area (Å²) >= 11 is 12.5. The van der Waals surface area contributed by atoms with Crippen molar-refractivity contribution in [2.45, 2.75) is 25.6 Å². The summed E-state index contributed by atoms with van der Waals surface area (Å²) in [5.74, 6) is 0.679. The van der Waals surface area contributed by atoms with E-state index in [9.17, 15) is 0 Å². The topological polar surface area (TPSA) is 0 Å². The molecule has 0 N–H and O–H groups in total. The second kappa shape index (κ2) is 7.28. The van der Waals surface area contributed by atoms with Crippen molar-refractivity contribution in [2.24, 2.45) is 5.92 Å². The van der Waals surface area contributed by atoms with E-state index in [1.54, 1.807) is 0 Å². The van der Waals surface area contributed by atoms with Gasteiger partial charge in [0.05, 0.1) is 5.38 Å². The van der Waals surface area contributed by atoms with Gasteiger partial charge in [-0.3, -0.25) is 0 Å². The Labute approximate surface area is 148 Å². The molecule has 0 radical (unpaired) electrons. The fourth-order valence-corrected chi connectivity index (χ4v) is 3.72. The first-order valence-electron chi connectivity index (χ1n) is 6.65. The number of halogens is 3. The molecule has 0 saturated carbocycles. The van der Waals surface area contributed by atoms with Crippen LogP contribution < -0.4 is 0 Å². The summed E-state index contributed by atoms with van der Waals surface area (Å²) < 4.78 is 2.26. The molecule has 0 saturated heterocycles. The molecular formula is C17H17BrClI. The van der Waals surface area contributed by atoms with Gasteiger partial charge in [0.25, 0.3) is 0 Å². The summed E-state index contributed by atoms with van der Waals surface area (Å²) in [5, 5.41) is -0.104. The molecule has 0 aliphatic rings. The van der Waals surface area contributed by atoms with Crippen LogP contribution in [0.3, 0.4) is 0 Å². The fraction of sp³-hybridized carbons (Fsp3) is 0.294. The van der Waals surface area contributed by atoms with Gasteiger partial charge in [0, 0.05) is 8.04 Å². The Morgan fingerprint density at radius 1 is 1.10 bits per heavy atom. The first-order valence-corrected chi connectivity index (χ1v) is 8.96. The summed E-state index contributed by atoms with van der Waals surface area (Å²) in [6.07, 6.45) is 1.11. The first kappa shape index (κ1) is 16.3. The third kappa shape index (κ3) is 4.22. The number of rotatable bonds is 4. The summed E-state index contributed by atoms with van der Waals surface area (Å²) in [7, 11) is 0. The second-order valence-electron chi connectivity index (χ2n) is 5.37. The van der Waals surface area contributed by atoms with Crippen molar-refractivity contribution in [3.05, 3.63) is 67.2 Å². The maximum atomic E-state index is 6.64. The molecule has 106 valence electrons. The van der Waals surface area contributed by atoms with Gasteiger partial charge < -0.3 is 0 Å². The number of benzene rings is 2. The van der Waals surface area contributed by atoms with Gasteiger partial charge in [-0.25, -0.2) is 0 Å². The van der Waals surface area contributed by atoms with Crippen molar-refractivity contribution in [1.29, 1.82) is 0 Å². The van der Waals surface area contributed by atoms with Crippen molar-refractivity contribution in [1.82, 2.24) is 0 Å². The molecule has 1 unspecified atom stereocenters. The summed E-state index contributed by atoms with van der Waals surface area (Å²) in [6, 6.07) is 14.9. The highest BCUT2D eigenvalue weighted by Crippen LogP contribution is 2.33. The molecule has 0 amide bonds. The number of hydrogen-bond donors (Lipinski definition) is 0. The molecular weight excluding hydrogens is 446 g/mol. The van der Waals surface area contributed by atoms with Crippen LogP contribution in [0.2, 0.25) is 0 Å². The van der Waals surface area contributed by atoms with Crippen LogP contribution in [0.4, 0.5) is 0 Å². The van der Waals surface area contributed by atoms with Crippen LogP contribution in [0.15, 0.2) is 46.9 Å². The molecule has 2 aromatic carbocycles. The van der Waals surface area contributed by atoms with Crippen LogP contribution in [0.5, 0.6) is 0 Å². The SMILES string of the molecule is CC(C)Cc1ccc(C(Cl)c2cc(Br)ccc2I)cc1. The third-order valence-electron chi connectivity index (χ3n) is 3.15. The van der Waals surface area contributed by atoms with Gasteiger partial charge in [-0.2, -0.15) is 0 Å². The molecule has 0 aliphatic heterocycles. The van der Waals surface area contributed by atoms with Crippen LogP contribution >= 0.6 is 50.1 Å². The van der Waals surface area contributed by atoms with E-state index in [1.807, 2.05) is 6.07 Å². The molecule has 0 aliphatic carbocycles. The zero-order valence-electron chi connectivity index (χ0n) is 11.5. The zero-order valence-corrected chi connectivity index (χ0v) is 16.0. The van der Waals surface area contributed by atoms with Crippen molar-refractivity contribution in [2.75, 3.05) is 0 Å². The third-order valence-corrected chi connectivity index (χ3v) is 5.11. The molecule has 0 bridgehead atoms. The van der Waals surface area contributed by atoms with Gasteiger partial charge in [-0.1, -0.05) is 54.0 Å². The highest BCUT2D eigenvalue weighted by atomic mass is 127. The van der Waals surface area contributed by atoms with Crippen molar-refractivity contribution < 1.29 is 0 Å². The van der Waals surface area contributed by atoms with Crippen LogP contribution in [0, 0.1) is 9.49 Å². The highest BCUT2D eigenvalue weighted by molar-refractivity contribution is 14.1. The monoisotopic (exact) mass is 462 g/mol. The van der Waals surface area contributed by atoms with E-state index in [1.165, 1.54) is 9.13 Å².